The Kier molecular flexibility index (Phi) is 3.51. The van der Waals surface area contributed by atoms with Crippen LogP contribution in [-0.2, 0) is 6.54 Å². The zero-order valence-electron chi connectivity index (χ0n) is 11.2. The van der Waals surface area contributed by atoms with E-state index in [1.54, 1.807) is 6.07 Å². The molecule has 0 saturated carbocycles. The van der Waals surface area contributed by atoms with E-state index in [1.165, 1.54) is 44.5 Å². The van der Waals surface area contributed by atoms with E-state index in [4.69, 9.17) is 5.41 Å². The summed E-state index contributed by atoms with van der Waals surface area (Å²) < 4.78 is 13.2. The van der Waals surface area contributed by atoms with E-state index in [0.717, 1.165) is 30.8 Å². The van der Waals surface area contributed by atoms with Gasteiger partial charge in [0.25, 0.3) is 0 Å². The van der Waals surface area contributed by atoms with E-state index >= 15 is 0 Å². The Balaban J connectivity index is 1.60. The van der Waals surface area contributed by atoms with Crippen LogP contribution < -0.4 is 0 Å². The van der Waals surface area contributed by atoms with Crippen LogP contribution in [0.3, 0.4) is 0 Å². The van der Waals surface area contributed by atoms with E-state index in [2.05, 4.69) is 9.80 Å². The van der Waals surface area contributed by atoms with Crippen LogP contribution in [0.1, 0.15) is 30.4 Å². The highest BCUT2D eigenvalue weighted by molar-refractivity contribution is 6.00. The van der Waals surface area contributed by atoms with E-state index in [1.807, 2.05) is 0 Å². The second kappa shape index (κ2) is 5.29. The average molecular weight is 261 g/mol. The molecule has 102 valence electrons. The van der Waals surface area contributed by atoms with Crippen molar-refractivity contribution < 1.29 is 4.39 Å². The van der Waals surface area contributed by atoms with Gasteiger partial charge in [-0.3, -0.25) is 5.41 Å². The molecule has 1 aromatic rings. The van der Waals surface area contributed by atoms with Gasteiger partial charge in [-0.15, -0.1) is 0 Å². The lowest BCUT2D eigenvalue weighted by Crippen LogP contribution is -2.38. The quantitative estimate of drug-likeness (QED) is 0.906. The van der Waals surface area contributed by atoms with Crippen molar-refractivity contribution in [3.8, 4) is 0 Å². The van der Waals surface area contributed by atoms with Crippen molar-refractivity contribution in [1.29, 1.82) is 5.41 Å². The van der Waals surface area contributed by atoms with Crippen LogP contribution in [0.15, 0.2) is 18.2 Å². The van der Waals surface area contributed by atoms with Crippen molar-refractivity contribution in [1.82, 2.24) is 9.80 Å². The topological polar surface area (TPSA) is 30.3 Å². The molecule has 0 radical (unpaired) electrons. The summed E-state index contributed by atoms with van der Waals surface area (Å²) in [4.78, 5) is 4.53. The number of hydrogen-bond donors (Lipinski definition) is 1. The van der Waals surface area contributed by atoms with Gasteiger partial charge in [-0.05, 0) is 43.6 Å². The fraction of sp³-hybridized carbons (Fsp3) is 0.533. The molecule has 0 atom stereocenters. The second-order valence-corrected chi connectivity index (χ2v) is 5.47. The number of hydrogen-bond acceptors (Lipinski definition) is 2. The first-order valence-corrected chi connectivity index (χ1v) is 7.09. The van der Waals surface area contributed by atoms with Gasteiger partial charge < -0.3 is 9.80 Å². The molecule has 3 rings (SSSR count). The first-order chi connectivity index (χ1) is 9.24. The number of nitrogens with one attached hydrogen (secondary N) is 1. The zero-order chi connectivity index (χ0) is 13.2. The first kappa shape index (κ1) is 12.6. The molecule has 0 spiro atoms. The molecule has 4 heteroatoms. The van der Waals surface area contributed by atoms with Crippen LogP contribution >= 0.6 is 0 Å². The highest BCUT2D eigenvalue weighted by Crippen LogP contribution is 2.23. The van der Waals surface area contributed by atoms with Gasteiger partial charge in [0, 0.05) is 25.2 Å². The molecular weight excluding hydrogens is 241 g/mol. The summed E-state index contributed by atoms with van der Waals surface area (Å²) in [5.74, 6) is 0.230. The fourth-order valence-electron chi connectivity index (χ4n) is 3.00. The highest BCUT2D eigenvalue weighted by atomic mass is 19.1. The SMILES string of the molecule is N=C1c2cc(F)ccc2CN1CCN1CCCCC1. The standard InChI is InChI=1S/C15H20FN3/c16-13-5-4-12-11-19(15(17)14(12)10-13)9-8-18-6-2-1-3-7-18/h4-5,10,17H,1-3,6-9,11H2. The molecule has 0 unspecified atom stereocenters. The van der Waals surface area contributed by atoms with Crippen LogP contribution in [0.25, 0.3) is 0 Å². The van der Waals surface area contributed by atoms with Crippen molar-refractivity contribution in [2.75, 3.05) is 26.2 Å². The largest absolute Gasteiger partial charge is 0.351 e. The number of amidine groups is 1. The van der Waals surface area contributed by atoms with Gasteiger partial charge in [-0.25, -0.2) is 4.39 Å². The predicted molar refractivity (Wildman–Crippen MR) is 73.9 cm³/mol. The van der Waals surface area contributed by atoms with Crippen LogP contribution in [0.4, 0.5) is 4.39 Å². The average Bonchev–Trinajstić information content (AvgIpc) is 2.74. The highest BCUT2D eigenvalue weighted by Gasteiger charge is 2.24. The van der Waals surface area contributed by atoms with Crippen LogP contribution in [-0.4, -0.2) is 41.8 Å². The molecule has 1 N–H and O–H groups in total. The summed E-state index contributed by atoms with van der Waals surface area (Å²) in [6.45, 7) is 5.00. The van der Waals surface area contributed by atoms with Crippen molar-refractivity contribution in [3.05, 3.63) is 35.1 Å². The molecule has 1 aromatic carbocycles. The Morgan fingerprint density at radius 3 is 2.68 bits per heavy atom. The molecular formula is C15H20FN3. The maximum absolute atomic E-state index is 13.2. The molecule has 1 fully saturated rings. The van der Waals surface area contributed by atoms with Gasteiger partial charge >= 0.3 is 0 Å². The Labute approximate surface area is 113 Å². The molecule has 3 nitrogen and oxygen atoms in total. The molecule has 0 aromatic heterocycles. The predicted octanol–water partition coefficient (Wildman–Crippen LogP) is 2.45. The molecule has 0 amide bonds. The number of fused-ring (bicyclic) bond motifs is 1. The third-order valence-corrected chi connectivity index (χ3v) is 4.14. The van der Waals surface area contributed by atoms with Crippen molar-refractivity contribution in [3.63, 3.8) is 0 Å². The molecule has 19 heavy (non-hydrogen) atoms. The van der Waals surface area contributed by atoms with Crippen molar-refractivity contribution in [2.45, 2.75) is 25.8 Å². The number of rotatable bonds is 3. The molecule has 0 bridgehead atoms. The third-order valence-electron chi connectivity index (χ3n) is 4.14. The van der Waals surface area contributed by atoms with E-state index in [0.29, 0.717) is 5.84 Å². The van der Waals surface area contributed by atoms with Gasteiger partial charge in [-0.1, -0.05) is 12.5 Å². The van der Waals surface area contributed by atoms with Crippen molar-refractivity contribution >= 4 is 5.84 Å². The fourth-order valence-corrected chi connectivity index (χ4v) is 3.00. The number of benzene rings is 1. The van der Waals surface area contributed by atoms with Crippen molar-refractivity contribution in [2.24, 2.45) is 0 Å². The number of nitrogens with zero attached hydrogens (tertiary/aromatic N) is 2. The lowest BCUT2D eigenvalue weighted by Gasteiger charge is -2.29. The van der Waals surface area contributed by atoms with Gasteiger partial charge in [-0.2, -0.15) is 0 Å². The van der Waals surface area contributed by atoms with E-state index < -0.39 is 0 Å². The monoisotopic (exact) mass is 261 g/mol. The van der Waals surface area contributed by atoms with Gasteiger partial charge in [0.1, 0.15) is 11.7 Å². The van der Waals surface area contributed by atoms with Crippen LogP contribution in [0.2, 0.25) is 0 Å². The summed E-state index contributed by atoms with van der Waals surface area (Å²) in [5, 5.41) is 8.14. The van der Waals surface area contributed by atoms with Gasteiger partial charge in [0.2, 0.25) is 0 Å². The second-order valence-electron chi connectivity index (χ2n) is 5.47. The summed E-state index contributed by atoms with van der Waals surface area (Å²) >= 11 is 0. The molecule has 2 aliphatic heterocycles. The summed E-state index contributed by atoms with van der Waals surface area (Å²) in [7, 11) is 0. The Morgan fingerprint density at radius 2 is 1.89 bits per heavy atom. The minimum atomic E-state index is -0.249. The number of halogens is 1. The van der Waals surface area contributed by atoms with Crippen LogP contribution in [0.5, 0.6) is 0 Å². The first-order valence-electron chi connectivity index (χ1n) is 7.09. The third kappa shape index (κ3) is 2.63. The minimum Gasteiger partial charge on any atom is -0.351 e. The Bertz CT molecular complexity index is 480. The Hall–Kier alpha value is -1.42. The maximum Gasteiger partial charge on any atom is 0.128 e. The van der Waals surface area contributed by atoms with E-state index in [9.17, 15) is 4.39 Å². The molecule has 1 saturated heterocycles. The molecule has 0 aliphatic carbocycles. The van der Waals surface area contributed by atoms with E-state index in [-0.39, 0.29) is 5.82 Å². The number of piperidine rings is 1. The summed E-state index contributed by atoms with van der Waals surface area (Å²) in [5.41, 5.74) is 1.84. The maximum atomic E-state index is 13.2. The Morgan fingerprint density at radius 1 is 1.11 bits per heavy atom. The smallest absolute Gasteiger partial charge is 0.128 e. The summed E-state index contributed by atoms with van der Waals surface area (Å²) in [6.07, 6.45) is 3.94. The molecule has 2 heterocycles. The summed E-state index contributed by atoms with van der Waals surface area (Å²) in [6, 6.07) is 4.78. The number of likely N-dealkylation sites (tertiary alicyclic amines) is 1. The zero-order valence-corrected chi connectivity index (χ0v) is 11.2. The molecule has 2 aliphatic rings. The van der Waals surface area contributed by atoms with Crippen LogP contribution in [0, 0.1) is 11.2 Å². The lowest BCUT2D eigenvalue weighted by molar-refractivity contribution is 0.210. The lowest BCUT2D eigenvalue weighted by atomic mass is 10.1. The van der Waals surface area contributed by atoms with Gasteiger partial charge in [0.15, 0.2) is 0 Å². The minimum absolute atomic E-state index is 0.249. The normalized spacial score (nSPS) is 19.8. The van der Waals surface area contributed by atoms with Gasteiger partial charge in [0.05, 0.1) is 0 Å².